The number of benzene rings is 3. The SMILES string of the molecule is COc1ccccc1N(C[C@H](O)COc1ccccc1)S(=O)(=O)c1ccccc1. The highest BCUT2D eigenvalue weighted by Gasteiger charge is 2.29. The van der Waals surface area contributed by atoms with Crippen LogP contribution < -0.4 is 13.8 Å². The van der Waals surface area contributed by atoms with Crippen LogP contribution in [0.2, 0.25) is 0 Å². The summed E-state index contributed by atoms with van der Waals surface area (Å²) >= 11 is 0. The van der Waals surface area contributed by atoms with Gasteiger partial charge >= 0.3 is 0 Å². The van der Waals surface area contributed by atoms with E-state index in [0.29, 0.717) is 17.2 Å². The fourth-order valence-corrected chi connectivity index (χ4v) is 4.37. The van der Waals surface area contributed by atoms with Gasteiger partial charge in [-0.15, -0.1) is 0 Å². The lowest BCUT2D eigenvalue weighted by molar-refractivity contribution is 0.115. The summed E-state index contributed by atoms with van der Waals surface area (Å²) in [5.74, 6) is 0.990. The fraction of sp³-hybridized carbons (Fsp3) is 0.182. The van der Waals surface area contributed by atoms with Gasteiger partial charge in [0.05, 0.1) is 24.2 Å². The molecule has 0 fully saturated rings. The van der Waals surface area contributed by atoms with Gasteiger partial charge in [0.1, 0.15) is 24.2 Å². The number of anilines is 1. The molecule has 152 valence electrons. The van der Waals surface area contributed by atoms with E-state index in [-0.39, 0.29) is 18.0 Å². The van der Waals surface area contributed by atoms with Crippen molar-refractivity contribution in [3.05, 3.63) is 84.9 Å². The number of methoxy groups -OCH3 is 1. The summed E-state index contributed by atoms with van der Waals surface area (Å²) < 4.78 is 38.7. The molecule has 0 saturated carbocycles. The maximum Gasteiger partial charge on any atom is 0.264 e. The highest BCUT2D eigenvalue weighted by Crippen LogP contribution is 2.32. The van der Waals surface area contributed by atoms with Crippen LogP contribution in [0.5, 0.6) is 11.5 Å². The average molecular weight is 413 g/mol. The minimum atomic E-state index is -3.93. The minimum absolute atomic E-state index is 0.0556. The molecule has 7 heteroatoms. The van der Waals surface area contributed by atoms with Crippen molar-refractivity contribution in [3.8, 4) is 11.5 Å². The zero-order chi connectivity index (χ0) is 20.7. The molecule has 0 radical (unpaired) electrons. The van der Waals surface area contributed by atoms with Crippen molar-refractivity contribution in [1.82, 2.24) is 0 Å². The second-order valence-electron chi connectivity index (χ2n) is 6.30. The van der Waals surface area contributed by atoms with Crippen LogP contribution in [0.25, 0.3) is 0 Å². The highest BCUT2D eigenvalue weighted by molar-refractivity contribution is 7.92. The van der Waals surface area contributed by atoms with Crippen LogP contribution in [0.15, 0.2) is 89.8 Å². The first kappa shape index (κ1) is 20.7. The summed E-state index contributed by atoms with van der Waals surface area (Å²) in [7, 11) is -2.45. The molecule has 0 heterocycles. The molecule has 1 N–H and O–H groups in total. The molecule has 3 aromatic rings. The minimum Gasteiger partial charge on any atom is -0.495 e. The molecule has 3 aromatic carbocycles. The van der Waals surface area contributed by atoms with E-state index in [9.17, 15) is 13.5 Å². The van der Waals surface area contributed by atoms with Gasteiger partial charge in [0.2, 0.25) is 0 Å². The molecule has 6 nitrogen and oxygen atoms in total. The van der Waals surface area contributed by atoms with Crippen LogP contribution in [0.3, 0.4) is 0 Å². The first-order chi connectivity index (χ1) is 14.0. The zero-order valence-corrected chi connectivity index (χ0v) is 16.8. The van der Waals surface area contributed by atoms with Gasteiger partial charge in [-0.2, -0.15) is 0 Å². The lowest BCUT2D eigenvalue weighted by Crippen LogP contribution is -2.40. The molecule has 0 aliphatic carbocycles. The molecule has 0 aliphatic heterocycles. The van der Waals surface area contributed by atoms with E-state index >= 15 is 0 Å². The smallest absolute Gasteiger partial charge is 0.264 e. The van der Waals surface area contributed by atoms with Crippen LogP contribution in [0.1, 0.15) is 0 Å². The molecular weight excluding hydrogens is 390 g/mol. The Balaban J connectivity index is 1.89. The number of hydrogen-bond acceptors (Lipinski definition) is 5. The van der Waals surface area contributed by atoms with Gasteiger partial charge in [-0.3, -0.25) is 4.31 Å². The van der Waals surface area contributed by atoms with Crippen molar-refractivity contribution in [2.75, 3.05) is 24.6 Å². The van der Waals surface area contributed by atoms with Crippen LogP contribution >= 0.6 is 0 Å². The molecule has 3 rings (SSSR count). The van der Waals surface area contributed by atoms with Crippen LogP contribution in [0.4, 0.5) is 5.69 Å². The molecule has 29 heavy (non-hydrogen) atoms. The Morgan fingerprint density at radius 2 is 1.48 bits per heavy atom. The van der Waals surface area contributed by atoms with Crippen molar-refractivity contribution in [2.24, 2.45) is 0 Å². The average Bonchev–Trinajstić information content (AvgIpc) is 2.77. The fourth-order valence-electron chi connectivity index (χ4n) is 2.83. The molecule has 0 unspecified atom stereocenters. The van der Waals surface area contributed by atoms with E-state index in [0.717, 1.165) is 4.31 Å². The molecule has 0 spiro atoms. The molecule has 0 amide bonds. The van der Waals surface area contributed by atoms with Crippen molar-refractivity contribution < 1.29 is 23.0 Å². The van der Waals surface area contributed by atoms with E-state index in [1.807, 2.05) is 18.2 Å². The number of ether oxygens (including phenoxy) is 2. The van der Waals surface area contributed by atoms with E-state index in [4.69, 9.17) is 9.47 Å². The van der Waals surface area contributed by atoms with E-state index in [1.165, 1.54) is 19.2 Å². The topological polar surface area (TPSA) is 76.1 Å². The quantitative estimate of drug-likeness (QED) is 0.582. The van der Waals surface area contributed by atoms with Gasteiger partial charge in [0.25, 0.3) is 10.0 Å². The van der Waals surface area contributed by atoms with Crippen LogP contribution in [0, 0.1) is 0 Å². The molecular formula is C22H23NO5S. The largest absolute Gasteiger partial charge is 0.495 e. The van der Waals surface area contributed by atoms with Crippen LogP contribution in [-0.4, -0.2) is 39.9 Å². The Morgan fingerprint density at radius 1 is 0.897 bits per heavy atom. The zero-order valence-electron chi connectivity index (χ0n) is 16.0. The lowest BCUT2D eigenvalue weighted by Gasteiger charge is -2.28. The summed E-state index contributed by atoms with van der Waals surface area (Å²) in [6, 6.07) is 23.9. The Kier molecular flexibility index (Phi) is 6.74. The normalized spacial score (nSPS) is 12.2. The van der Waals surface area contributed by atoms with Crippen molar-refractivity contribution in [1.29, 1.82) is 0 Å². The van der Waals surface area contributed by atoms with Gasteiger partial charge in [-0.05, 0) is 36.4 Å². The van der Waals surface area contributed by atoms with Crippen molar-refractivity contribution in [2.45, 2.75) is 11.0 Å². The van der Waals surface area contributed by atoms with Crippen molar-refractivity contribution in [3.63, 3.8) is 0 Å². The predicted molar refractivity (Wildman–Crippen MR) is 112 cm³/mol. The van der Waals surface area contributed by atoms with Crippen molar-refractivity contribution >= 4 is 15.7 Å². The number of aliphatic hydroxyl groups is 1. The second-order valence-corrected chi connectivity index (χ2v) is 8.16. The summed E-state index contributed by atoms with van der Waals surface area (Å²) in [6.07, 6.45) is -1.06. The highest BCUT2D eigenvalue weighted by atomic mass is 32.2. The second kappa shape index (κ2) is 9.45. The first-order valence-electron chi connectivity index (χ1n) is 9.09. The van der Waals surface area contributed by atoms with Gasteiger partial charge < -0.3 is 14.6 Å². The molecule has 1 atom stereocenters. The van der Waals surface area contributed by atoms with E-state index < -0.39 is 16.1 Å². The third-order valence-corrected chi connectivity index (χ3v) is 6.04. The standard InChI is InChI=1S/C22H23NO5S/c1-27-22-15-9-8-14-21(22)23(29(25,26)20-12-6-3-7-13-20)16-18(24)17-28-19-10-4-2-5-11-19/h2-15,18,24H,16-17H2,1H3/t18-/m0/s1. The Morgan fingerprint density at radius 3 is 2.14 bits per heavy atom. The number of hydrogen-bond donors (Lipinski definition) is 1. The van der Waals surface area contributed by atoms with Crippen LogP contribution in [-0.2, 0) is 10.0 Å². The predicted octanol–water partition coefficient (Wildman–Crippen LogP) is 3.33. The summed E-state index contributed by atoms with van der Waals surface area (Å²) in [6.45, 7) is -0.246. The summed E-state index contributed by atoms with van der Waals surface area (Å²) in [4.78, 5) is 0.127. The van der Waals surface area contributed by atoms with E-state index in [2.05, 4.69) is 0 Å². The first-order valence-corrected chi connectivity index (χ1v) is 10.5. The number of rotatable bonds is 9. The maximum absolute atomic E-state index is 13.3. The maximum atomic E-state index is 13.3. The van der Waals surface area contributed by atoms with Gasteiger partial charge in [-0.1, -0.05) is 48.5 Å². The van der Waals surface area contributed by atoms with Gasteiger partial charge in [0.15, 0.2) is 0 Å². The molecule has 0 aromatic heterocycles. The summed E-state index contributed by atoms with van der Waals surface area (Å²) in [5.41, 5.74) is 0.345. The third-order valence-electron chi connectivity index (χ3n) is 4.25. The Hall–Kier alpha value is -3.03. The van der Waals surface area contributed by atoms with Gasteiger partial charge in [-0.25, -0.2) is 8.42 Å². The lowest BCUT2D eigenvalue weighted by atomic mass is 10.2. The monoisotopic (exact) mass is 413 g/mol. The number of para-hydroxylation sites is 3. The van der Waals surface area contributed by atoms with Gasteiger partial charge in [0, 0.05) is 0 Å². The number of nitrogens with zero attached hydrogens (tertiary/aromatic N) is 1. The van der Waals surface area contributed by atoms with E-state index in [1.54, 1.807) is 54.6 Å². The Labute approximate surface area is 171 Å². The Bertz CT molecular complexity index is 1010. The molecule has 0 aliphatic rings. The number of aliphatic hydroxyl groups excluding tert-OH is 1. The molecule has 0 bridgehead atoms. The molecule has 0 saturated heterocycles. The summed E-state index contributed by atoms with van der Waals surface area (Å²) in [5, 5.41) is 10.5. The number of sulfonamides is 1. The third kappa shape index (κ3) is 5.07.